The summed E-state index contributed by atoms with van der Waals surface area (Å²) < 4.78 is 2.18. The number of hydrogen-bond acceptors (Lipinski definition) is 4. The third-order valence-electron chi connectivity index (χ3n) is 5.33. The van der Waals surface area contributed by atoms with Gasteiger partial charge >= 0.3 is 0 Å². The Kier molecular flexibility index (Phi) is 4.20. The van der Waals surface area contributed by atoms with Gasteiger partial charge in [0.25, 0.3) is 5.69 Å². The van der Waals surface area contributed by atoms with E-state index in [1.165, 1.54) is 12.1 Å². The minimum absolute atomic E-state index is 0.0818. The summed E-state index contributed by atoms with van der Waals surface area (Å²) in [5.41, 5.74) is 1.83. The molecular weight excluding hydrogens is 330 g/mol. The predicted octanol–water partition coefficient (Wildman–Crippen LogP) is 3.05. The van der Waals surface area contributed by atoms with Crippen molar-refractivity contribution in [2.45, 2.75) is 31.4 Å². The maximum atomic E-state index is 11.6. The number of hydrazone groups is 1. The molecule has 6 nitrogen and oxygen atoms in total. The van der Waals surface area contributed by atoms with E-state index in [-0.39, 0.29) is 10.6 Å². The van der Waals surface area contributed by atoms with Gasteiger partial charge in [0.1, 0.15) is 0 Å². The number of hydrazine groups is 1. The molecule has 26 heavy (non-hydrogen) atoms. The summed E-state index contributed by atoms with van der Waals surface area (Å²) >= 11 is 0. The van der Waals surface area contributed by atoms with Crippen LogP contribution in [-0.2, 0) is 5.72 Å². The van der Waals surface area contributed by atoms with Crippen molar-refractivity contribution < 1.29 is 14.7 Å². The van der Waals surface area contributed by atoms with Crippen LogP contribution in [0.2, 0.25) is 0 Å². The highest BCUT2D eigenvalue weighted by atomic mass is 16.6. The fourth-order valence-corrected chi connectivity index (χ4v) is 4.01. The van der Waals surface area contributed by atoms with E-state index in [1.807, 2.05) is 30.3 Å². The Morgan fingerprint density at radius 3 is 2.46 bits per heavy atom. The van der Waals surface area contributed by atoms with E-state index in [0.717, 1.165) is 49.2 Å². The summed E-state index contributed by atoms with van der Waals surface area (Å²) in [6.45, 7) is 1.64. The zero-order chi connectivity index (χ0) is 18.1. The molecule has 0 bridgehead atoms. The van der Waals surface area contributed by atoms with Crippen molar-refractivity contribution in [1.29, 1.82) is 0 Å². The van der Waals surface area contributed by atoms with Crippen LogP contribution in [0, 0.1) is 10.1 Å². The SMILES string of the molecule is O=[N+]([O-])c1ccc(C2=[N+]3CCCCCN3C(O)(c3ccccc3)C2)cc1. The van der Waals surface area contributed by atoms with Crippen molar-refractivity contribution in [3.8, 4) is 0 Å². The van der Waals surface area contributed by atoms with Gasteiger partial charge in [0.2, 0.25) is 11.4 Å². The molecule has 134 valence electrons. The highest BCUT2D eigenvalue weighted by Crippen LogP contribution is 2.38. The van der Waals surface area contributed by atoms with Gasteiger partial charge in [-0.15, -0.1) is 9.69 Å². The Hall–Kier alpha value is -2.73. The summed E-state index contributed by atoms with van der Waals surface area (Å²) in [5.74, 6) is 0. The van der Waals surface area contributed by atoms with Crippen molar-refractivity contribution in [2.75, 3.05) is 13.1 Å². The number of rotatable bonds is 3. The van der Waals surface area contributed by atoms with Crippen molar-refractivity contribution in [2.24, 2.45) is 0 Å². The highest BCUT2D eigenvalue weighted by Gasteiger charge is 2.52. The van der Waals surface area contributed by atoms with Gasteiger partial charge in [-0.05, 0) is 25.0 Å². The summed E-state index contributed by atoms with van der Waals surface area (Å²) in [7, 11) is 0. The van der Waals surface area contributed by atoms with Gasteiger partial charge in [0.05, 0.1) is 17.9 Å². The van der Waals surface area contributed by atoms with E-state index in [4.69, 9.17) is 0 Å². The van der Waals surface area contributed by atoms with Crippen LogP contribution in [-0.4, -0.2) is 38.5 Å². The lowest BCUT2D eigenvalue weighted by Crippen LogP contribution is -2.46. The van der Waals surface area contributed by atoms with Gasteiger partial charge in [0.15, 0.2) is 6.54 Å². The lowest BCUT2D eigenvalue weighted by Gasteiger charge is -2.30. The van der Waals surface area contributed by atoms with Crippen LogP contribution in [0.3, 0.4) is 0 Å². The fraction of sp³-hybridized carbons (Fsp3) is 0.350. The van der Waals surface area contributed by atoms with Gasteiger partial charge in [-0.1, -0.05) is 30.3 Å². The second kappa shape index (κ2) is 6.53. The minimum atomic E-state index is -1.08. The highest BCUT2D eigenvalue weighted by molar-refractivity contribution is 5.98. The largest absolute Gasteiger partial charge is 0.362 e. The summed E-state index contributed by atoms with van der Waals surface area (Å²) in [6.07, 6.45) is 3.71. The molecule has 0 aromatic heterocycles. The van der Waals surface area contributed by atoms with Gasteiger partial charge in [0, 0.05) is 29.7 Å². The van der Waals surface area contributed by atoms with Crippen LogP contribution in [0.4, 0.5) is 5.69 Å². The maximum Gasteiger partial charge on any atom is 0.269 e. The Bertz CT molecular complexity index is 848. The van der Waals surface area contributed by atoms with Gasteiger partial charge < -0.3 is 5.11 Å². The second-order valence-electron chi connectivity index (χ2n) is 6.92. The zero-order valence-corrected chi connectivity index (χ0v) is 14.5. The molecule has 1 fully saturated rings. The van der Waals surface area contributed by atoms with E-state index in [1.54, 1.807) is 12.1 Å². The Morgan fingerprint density at radius 1 is 1.04 bits per heavy atom. The smallest absolute Gasteiger partial charge is 0.269 e. The molecule has 0 saturated carbocycles. The molecule has 2 aromatic carbocycles. The number of nitro benzene ring substituents is 1. The topological polar surface area (TPSA) is 69.6 Å². The van der Waals surface area contributed by atoms with E-state index < -0.39 is 5.72 Å². The molecule has 1 unspecified atom stereocenters. The number of hydrogen-bond donors (Lipinski definition) is 1. The fourth-order valence-electron chi connectivity index (χ4n) is 4.01. The lowest BCUT2D eigenvalue weighted by atomic mass is 9.94. The van der Waals surface area contributed by atoms with Crippen LogP contribution in [0.15, 0.2) is 54.6 Å². The number of fused-ring (bicyclic) bond motifs is 1. The average Bonchev–Trinajstić information content (AvgIpc) is 2.82. The van der Waals surface area contributed by atoms with Crippen LogP contribution in [0.1, 0.15) is 36.8 Å². The quantitative estimate of drug-likeness (QED) is 0.524. The predicted molar refractivity (Wildman–Crippen MR) is 97.8 cm³/mol. The number of nitrogens with zero attached hydrogens (tertiary/aromatic N) is 3. The van der Waals surface area contributed by atoms with E-state index in [2.05, 4.69) is 9.69 Å². The first-order valence-electron chi connectivity index (χ1n) is 9.03. The van der Waals surface area contributed by atoms with Crippen molar-refractivity contribution in [3.63, 3.8) is 0 Å². The normalized spacial score (nSPS) is 22.9. The molecule has 6 heteroatoms. The second-order valence-corrected chi connectivity index (χ2v) is 6.92. The van der Waals surface area contributed by atoms with E-state index >= 15 is 0 Å². The Labute approximate surface area is 152 Å². The molecule has 0 radical (unpaired) electrons. The lowest BCUT2D eigenvalue weighted by molar-refractivity contribution is -0.706. The number of aliphatic hydroxyl groups is 1. The van der Waals surface area contributed by atoms with Crippen molar-refractivity contribution in [1.82, 2.24) is 5.01 Å². The molecule has 2 heterocycles. The van der Waals surface area contributed by atoms with Gasteiger partial charge in [-0.25, -0.2) is 0 Å². The number of non-ortho nitro benzene ring substituents is 1. The van der Waals surface area contributed by atoms with Crippen LogP contribution in [0.5, 0.6) is 0 Å². The third-order valence-corrected chi connectivity index (χ3v) is 5.33. The Balaban J connectivity index is 1.77. The minimum Gasteiger partial charge on any atom is -0.362 e. The first kappa shape index (κ1) is 16.7. The molecule has 0 amide bonds. The molecule has 2 aliphatic heterocycles. The summed E-state index contributed by atoms with van der Waals surface area (Å²) in [5, 5.41) is 24.6. The maximum absolute atomic E-state index is 11.6. The van der Waals surface area contributed by atoms with Gasteiger partial charge in [-0.2, -0.15) is 0 Å². The number of benzene rings is 2. The first-order chi connectivity index (χ1) is 12.6. The summed E-state index contributed by atoms with van der Waals surface area (Å²) in [6, 6.07) is 16.4. The monoisotopic (exact) mass is 352 g/mol. The molecule has 2 aromatic rings. The molecular formula is C20H22N3O3+. The third kappa shape index (κ3) is 2.76. The van der Waals surface area contributed by atoms with Crippen LogP contribution in [0.25, 0.3) is 0 Å². The molecule has 2 aliphatic rings. The molecule has 1 N–H and O–H groups in total. The molecule has 0 aliphatic carbocycles. The van der Waals surface area contributed by atoms with E-state index in [9.17, 15) is 15.2 Å². The Morgan fingerprint density at radius 2 is 1.77 bits per heavy atom. The standard InChI is InChI=1S/C20H22N3O3/c24-20(17-7-3-1-4-8-17)15-19(21-13-5-2-6-14-22(20)21)16-9-11-18(12-10-16)23(25)26/h1,3-4,7-12,24H,2,5-6,13-15H2/q+1. The van der Waals surface area contributed by atoms with Crippen LogP contribution < -0.4 is 0 Å². The molecule has 4 rings (SSSR count). The average molecular weight is 352 g/mol. The van der Waals surface area contributed by atoms with Gasteiger partial charge in [-0.3, -0.25) is 10.1 Å². The van der Waals surface area contributed by atoms with E-state index in [0.29, 0.717) is 6.42 Å². The molecule has 1 atom stereocenters. The first-order valence-corrected chi connectivity index (χ1v) is 9.03. The van der Waals surface area contributed by atoms with Crippen molar-refractivity contribution >= 4 is 11.4 Å². The van der Waals surface area contributed by atoms with Crippen molar-refractivity contribution in [3.05, 3.63) is 75.8 Å². The molecule has 0 spiro atoms. The zero-order valence-electron chi connectivity index (χ0n) is 14.5. The number of nitro groups is 1. The van der Waals surface area contributed by atoms with Crippen LogP contribution >= 0.6 is 0 Å². The summed E-state index contributed by atoms with van der Waals surface area (Å²) in [4.78, 5) is 10.5. The molecule has 1 saturated heterocycles.